The van der Waals surface area contributed by atoms with E-state index in [2.05, 4.69) is 28.2 Å². The summed E-state index contributed by atoms with van der Waals surface area (Å²) in [6.07, 6.45) is 4.04. The van der Waals surface area contributed by atoms with Crippen molar-refractivity contribution in [2.45, 2.75) is 32.6 Å². The van der Waals surface area contributed by atoms with Gasteiger partial charge in [0.15, 0.2) is 0 Å². The van der Waals surface area contributed by atoms with E-state index in [0.29, 0.717) is 22.0 Å². The van der Waals surface area contributed by atoms with Crippen molar-refractivity contribution in [3.8, 4) is 0 Å². The molecule has 0 radical (unpaired) electrons. The Balaban J connectivity index is 1.92. The number of fused-ring (bicyclic) bond motifs is 1. The zero-order valence-electron chi connectivity index (χ0n) is 14.2. The Morgan fingerprint density at radius 1 is 1.32 bits per heavy atom. The number of rotatable bonds is 4. The average molecular weight is 422 g/mol. The zero-order valence-corrected chi connectivity index (χ0v) is 16.6. The summed E-state index contributed by atoms with van der Waals surface area (Å²) in [6.45, 7) is 2.20. The van der Waals surface area contributed by atoms with Gasteiger partial charge in [0.2, 0.25) is 0 Å². The maximum atomic E-state index is 12.6. The minimum atomic E-state index is -0.376. The molecule has 1 aromatic heterocycles. The molecule has 0 saturated carbocycles. The molecule has 1 amide bonds. The lowest BCUT2D eigenvalue weighted by molar-refractivity contribution is 0.0601. The number of esters is 1. The number of hydrogen-bond acceptors (Lipinski definition) is 4. The van der Waals surface area contributed by atoms with E-state index in [1.54, 1.807) is 12.1 Å². The lowest BCUT2D eigenvalue weighted by Gasteiger charge is -2.20. The van der Waals surface area contributed by atoms with Crippen molar-refractivity contribution in [1.29, 1.82) is 0 Å². The van der Waals surface area contributed by atoms with Crippen molar-refractivity contribution in [1.82, 2.24) is 0 Å². The van der Waals surface area contributed by atoms with Crippen LogP contribution in [-0.2, 0) is 17.6 Å². The van der Waals surface area contributed by atoms with Crippen LogP contribution in [0.4, 0.5) is 5.00 Å². The third-order valence-corrected chi connectivity index (χ3v) is 6.37. The number of nitrogens with one attached hydrogen (secondary N) is 1. The molecule has 1 atom stereocenters. The Labute approximate surface area is 159 Å². The van der Waals surface area contributed by atoms with E-state index in [1.165, 1.54) is 23.3 Å². The molecule has 1 N–H and O–H groups in total. The fourth-order valence-corrected chi connectivity index (χ4v) is 4.79. The van der Waals surface area contributed by atoms with Gasteiger partial charge in [-0.1, -0.05) is 29.3 Å². The number of amides is 1. The number of carbonyl (C=O) groups excluding carboxylic acids is 2. The van der Waals surface area contributed by atoms with Crippen molar-refractivity contribution in [2.75, 3.05) is 12.4 Å². The summed E-state index contributed by atoms with van der Waals surface area (Å²) in [5.41, 5.74) is 2.13. The number of carbonyl (C=O) groups is 2. The average Bonchev–Trinajstić information content (AvgIpc) is 2.98. The van der Waals surface area contributed by atoms with Gasteiger partial charge in [-0.2, -0.15) is 0 Å². The van der Waals surface area contributed by atoms with Gasteiger partial charge in [0.25, 0.3) is 5.91 Å². The molecular weight excluding hydrogens is 402 g/mol. The van der Waals surface area contributed by atoms with Crippen LogP contribution in [0.5, 0.6) is 0 Å². The van der Waals surface area contributed by atoms with Gasteiger partial charge < -0.3 is 10.1 Å². The molecule has 0 unspecified atom stereocenters. The minimum Gasteiger partial charge on any atom is -0.465 e. The number of anilines is 1. The van der Waals surface area contributed by atoms with Crippen LogP contribution in [-0.4, -0.2) is 19.0 Å². The van der Waals surface area contributed by atoms with Crippen LogP contribution < -0.4 is 5.32 Å². The van der Waals surface area contributed by atoms with Gasteiger partial charge >= 0.3 is 5.97 Å². The molecule has 25 heavy (non-hydrogen) atoms. The molecule has 0 fully saturated rings. The summed E-state index contributed by atoms with van der Waals surface area (Å²) in [6, 6.07) is 7.14. The first-order chi connectivity index (χ1) is 12.0. The highest BCUT2D eigenvalue weighted by molar-refractivity contribution is 9.10. The molecule has 1 heterocycles. The zero-order chi connectivity index (χ0) is 18.0. The van der Waals surface area contributed by atoms with Crippen molar-refractivity contribution >= 4 is 44.1 Å². The van der Waals surface area contributed by atoms with Gasteiger partial charge in [-0.05, 0) is 55.0 Å². The summed E-state index contributed by atoms with van der Waals surface area (Å²) < 4.78 is 5.88. The van der Waals surface area contributed by atoms with Crippen molar-refractivity contribution < 1.29 is 14.3 Å². The van der Waals surface area contributed by atoms with Gasteiger partial charge in [0.05, 0.1) is 12.7 Å². The molecule has 3 rings (SSSR count). The second kappa shape index (κ2) is 7.70. The van der Waals surface area contributed by atoms with E-state index < -0.39 is 0 Å². The molecule has 2 aromatic rings. The van der Waals surface area contributed by atoms with Crippen LogP contribution in [0.2, 0.25) is 0 Å². The van der Waals surface area contributed by atoms with Gasteiger partial charge in [0, 0.05) is 14.9 Å². The van der Waals surface area contributed by atoms with Crippen LogP contribution in [0.25, 0.3) is 0 Å². The number of halogens is 1. The normalized spacial score (nSPS) is 16.2. The molecule has 1 aliphatic rings. The molecule has 0 bridgehead atoms. The van der Waals surface area contributed by atoms with Gasteiger partial charge in [-0.25, -0.2) is 4.79 Å². The Morgan fingerprint density at radius 2 is 2.04 bits per heavy atom. The Morgan fingerprint density at radius 3 is 2.68 bits per heavy atom. The smallest absolute Gasteiger partial charge is 0.341 e. The lowest BCUT2D eigenvalue weighted by Crippen LogP contribution is -2.16. The summed E-state index contributed by atoms with van der Waals surface area (Å²) in [5, 5.41) is 3.51. The molecule has 0 saturated heterocycles. The number of methoxy groups -OCH3 is 1. The molecule has 132 valence electrons. The summed E-state index contributed by atoms with van der Waals surface area (Å²) >= 11 is 4.87. The highest BCUT2D eigenvalue weighted by Crippen LogP contribution is 2.40. The van der Waals surface area contributed by atoms with Gasteiger partial charge in [-0.15, -0.1) is 11.3 Å². The monoisotopic (exact) mass is 421 g/mol. The van der Waals surface area contributed by atoms with Crippen molar-refractivity contribution in [2.24, 2.45) is 5.92 Å². The highest BCUT2D eigenvalue weighted by Gasteiger charge is 2.29. The first-order valence-corrected chi connectivity index (χ1v) is 9.94. The number of thiophene rings is 1. The van der Waals surface area contributed by atoms with Gasteiger partial charge in [0.1, 0.15) is 5.00 Å². The maximum Gasteiger partial charge on any atom is 0.341 e. The minimum absolute atomic E-state index is 0.219. The number of benzene rings is 1. The second-order valence-electron chi connectivity index (χ2n) is 6.18. The number of ether oxygens (including phenoxy) is 1. The molecule has 1 aliphatic carbocycles. The second-order valence-corrected chi connectivity index (χ2v) is 8.20. The summed E-state index contributed by atoms with van der Waals surface area (Å²) in [4.78, 5) is 26.1. The largest absolute Gasteiger partial charge is 0.465 e. The van der Waals surface area contributed by atoms with Gasteiger partial charge in [-0.3, -0.25) is 4.79 Å². The predicted octanol–water partition coefficient (Wildman–Crippen LogP) is 5.06. The van der Waals surface area contributed by atoms with E-state index in [4.69, 9.17) is 4.74 Å². The Kier molecular flexibility index (Phi) is 5.59. The van der Waals surface area contributed by atoms with E-state index >= 15 is 0 Å². The maximum absolute atomic E-state index is 12.6. The Hall–Kier alpha value is -1.66. The molecular formula is C19H20BrNO3S. The molecule has 0 aliphatic heterocycles. The number of hydrogen-bond donors (Lipinski definition) is 1. The highest BCUT2D eigenvalue weighted by atomic mass is 79.9. The first-order valence-electron chi connectivity index (χ1n) is 8.33. The van der Waals surface area contributed by atoms with E-state index in [0.717, 1.165) is 35.7 Å². The van der Waals surface area contributed by atoms with E-state index in [9.17, 15) is 9.59 Å². The third-order valence-electron chi connectivity index (χ3n) is 4.67. The quantitative estimate of drug-likeness (QED) is 0.701. The fraction of sp³-hybridized carbons (Fsp3) is 0.368. The topological polar surface area (TPSA) is 55.4 Å². The Bertz CT molecular complexity index is 798. The fourth-order valence-electron chi connectivity index (χ4n) is 3.19. The van der Waals surface area contributed by atoms with Crippen molar-refractivity contribution in [3.63, 3.8) is 0 Å². The van der Waals surface area contributed by atoms with Crippen LogP contribution in [0.1, 0.15) is 50.9 Å². The first kappa shape index (κ1) is 18.1. The predicted molar refractivity (Wildman–Crippen MR) is 104 cm³/mol. The van der Waals surface area contributed by atoms with Crippen LogP contribution in [0.3, 0.4) is 0 Å². The molecule has 0 spiro atoms. The molecule has 6 heteroatoms. The van der Waals surface area contributed by atoms with E-state index in [1.807, 2.05) is 12.1 Å². The van der Waals surface area contributed by atoms with Crippen LogP contribution >= 0.6 is 27.3 Å². The van der Waals surface area contributed by atoms with Crippen LogP contribution in [0, 0.1) is 5.92 Å². The lowest BCUT2D eigenvalue weighted by atomic mass is 9.85. The van der Waals surface area contributed by atoms with Crippen molar-refractivity contribution in [3.05, 3.63) is 50.3 Å². The molecule has 4 nitrogen and oxygen atoms in total. The summed E-state index contributed by atoms with van der Waals surface area (Å²) in [5.74, 6) is 0.0496. The van der Waals surface area contributed by atoms with E-state index in [-0.39, 0.29) is 11.9 Å². The standard InChI is InChI=1S/C19H20BrNO3S/c1-3-11-4-9-14-15(10-11)25-18(16(14)19(23)24-2)21-17(22)12-5-7-13(20)8-6-12/h5-8,11H,3-4,9-10H2,1-2H3,(H,21,22)/t11-/m1/s1. The summed E-state index contributed by atoms with van der Waals surface area (Å²) in [7, 11) is 1.38. The SMILES string of the molecule is CC[C@@H]1CCc2c(sc(NC(=O)c3ccc(Br)cc3)c2C(=O)OC)C1. The third kappa shape index (κ3) is 3.80. The molecule has 1 aromatic carbocycles. The van der Waals surface area contributed by atoms with Crippen LogP contribution in [0.15, 0.2) is 28.7 Å².